The Morgan fingerprint density at radius 1 is 0.191 bits per heavy atom. The maximum absolute atomic E-state index is 2.67. The molecule has 1 unspecified atom stereocenters. The van der Waals surface area contributed by atoms with E-state index in [9.17, 15) is 0 Å². The molecule has 1 atom stereocenters. The van der Waals surface area contributed by atoms with Gasteiger partial charge in [-0.05, 0) is 265 Å². The molecule has 650 valence electrons. The van der Waals surface area contributed by atoms with Crippen LogP contribution < -0.4 is 99.3 Å². The monoisotopic (exact) mass is 1770 g/mol. The predicted molar refractivity (Wildman–Crippen MR) is 584 cm³/mol. The molecule has 0 fully saturated rings. The Kier molecular flexibility index (Phi) is 19.9. The van der Waals surface area contributed by atoms with Gasteiger partial charge in [0.25, 0.3) is 20.1 Å². The van der Waals surface area contributed by atoms with Crippen LogP contribution in [0.15, 0.2) is 309 Å². The smallest absolute Gasteiger partial charge is 0.252 e. The van der Waals surface area contributed by atoms with Gasteiger partial charge in [-0.15, -0.1) is 0 Å². The SMILES string of the molecule is Cc1ccc(N2c3ccc([Si](C)(C)C)cc3B3c4ccc(C(C)(c5ccc6c(c5)N(c5ccc(C(C)(C)C)cc5)c5cccc7c5B6c5cc(C)ccc5N7c5ccc([Si](C)(C)C)cc5)c5ccc6c(c5)N(c5ccc(C(C)(C)C)cc5)c5cccc7c5B6c5cc([Si](C)(C)C)ccc5N7c5ccc([Si](C)(C)C)cc5)cc4N(c4ccc(C(C)(C)C)cc4)c4cccc2c43)cc1. The van der Waals surface area contributed by atoms with E-state index in [4.69, 9.17) is 0 Å². The van der Waals surface area contributed by atoms with Crippen LogP contribution in [0.3, 0.4) is 0 Å². The summed E-state index contributed by atoms with van der Waals surface area (Å²) in [5, 5.41) is 5.83. The zero-order valence-electron chi connectivity index (χ0n) is 81.4. The third-order valence-electron chi connectivity index (χ3n) is 29.8. The molecule has 0 radical (unpaired) electrons. The zero-order chi connectivity index (χ0) is 91.8. The molecule has 13 heteroatoms. The third kappa shape index (κ3) is 14.1. The number of hydrogen-bond acceptors (Lipinski definition) is 6. The quantitative estimate of drug-likeness (QED) is 0.0840. The van der Waals surface area contributed by atoms with E-state index in [1.54, 1.807) is 0 Å². The summed E-state index contributed by atoms with van der Waals surface area (Å²) in [5.74, 6) is 0. The summed E-state index contributed by atoms with van der Waals surface area (Å²) < 4.78 is 0. The van der Waals surface area contributed by atoms with Crippen LogP contribution in [0.1, 0.15) is 114 Å². The van der Waals surface area contributed by atoms with Crippen LogP contribution in [0.2, 0.25) is 78.6 Å². The number of rotatable bonds is 13. The van der Waals surface area contributed by atoms with Crippen molar-refractivity contribution in [2.75, 3.05) is 29.4 Å². The van der Waals surface area contributed by atoms with Gasteiger partial charge in [0.2, 0.25) is 0 Å². The Morgan fingerprint density at radius 3 is 0.679 bits per heavy atom. The molecular formula is C118H123B3N6Si4. The van der Waals surface area contributed by atoms with Crippen LogP contribution >= 0.6 is 0 Å². The Hall–Kier alpha value is -11.8. The van der Waals surface area contributed by atoms with Gasteiger partial charge in [0.05, 0.1) is 32.3 Å². The van der Waals surface area contributed by atoms with E-state index < -0.39 is 37.7 Å². The lowest BCUT2D eigenvalue weighted by Gasteiger charge is -2.46. The summed E-state index contributed by atoms with van der Waals surface area (Å²) in [6, 6.07) is 125. The first-order chi connectivity index (χ1) is 62.1. The van der Waals surface area contributed by atoms with E-state index in [-0.39, 0.29) is 36.4 Å². The van der Waals surface area contributed by atoms with Crippen molar-refractivity contribution in [1.82, 2.24) is 0 Å². The average Bonchev–Trinajstić information content (AvgIpc) is 0.671. The first-order valence-corrected chi connectivity index (χ1v) is 61.7. The molecule has 6 nitrogen and oxygen atoms in total. The highest BCUT2D eigenvalue weighted by Gasteiger charge is 2.50. The number of aryl methyl sites for hydroxylation is 2. The standard InChI is InChI=1S/C118H123B3N6Si4/c1-76-34-46-84(47-35-76)122-101-68-62-92(130(19,20)21)74-98(101)120-95-65-44-82(72-110(95)126(107-32-26-29-104(122)113(107)120)86-50-39-79(40-51-86)116(6,7)8)118(12,81-43-64-94-109(71-81)125(85-48-37-78(38-49-85)115(3,4)5)106-31-25-28-103-112(106)119(94)97-70-77(2)36-67-100(97)123(103)88-54-58-90(59-55-88)128(13,14)15)83-45-66-96-111(73-83)127(87-52-41-80(42-53-87)117(9,10)11)108-33-27-30-105-114(108)121(96)99-75-93(131(22,23)24)63-69-102(99)124(105)89-56-60-91(61-57-89)129(16,17)18/h25-75H,1-24H3. The molecule has 0 saturated heterocycles. The second-order valence-corrected chi connectivity index (χ2v) is 66.1. The summed E-state index contributed by atoms with van der Waals surface area (Å²) >= 11 is 0. The second-order valence-electron chi connectivity index (χ2n) is 45.8. The van der Waals surface area contributed by atoms with Crippen molar-refractivity contribution in [3.63, 3.8) is 0 Å². The van der Waals surface area contributed by atoms with Crippen LogP contribution in [-0.2, 0) is 21.7 Å². The number of nitrogens with zero attached hydrogens (tertiary/aromatic N) is 6. The highest BCUT2D eigenvalue weighted by molar-refractivity contribution is 7.03. The van der Waals surface area contributed by atoms with E-state index in [1.807, 2.05) is 0 Å². The summed E-state index contributed by atoms with van der Waals surface area (Å²) in [6.45, 7) is 57.6. The fraction of sp³-hybridized carbons (Fsp3) is 0.237. The predicted octanol–water partition coefficient (Wildman–Crippen LogP) is 24.0. The summed E-state index contributed by atoms with van der Waals surface area (Å²) in [6.07, 6.45) is 0. The molecule has 0 aromatic heterocycles. The maximum atomic E-state index is 2.67. The highest BCUT2D eigenvalue weighted by atomic mass is 28.3. The molecule has 15 aromatic rings. The third-order valence-corrected chi connectivity index (χ3v) is 38.1. The molecule has 0 saturated carbocycles. The largest absolute Gasteiger partial charge is 0.311 e. The summed E-state index contributed by atoms with van der Waals surface area (Å²) in [4.78, 5) is 15.7. The van der Waals surface area contributed by atoms with Gasteiger partial charge < -0.3 is 29.4 Å². The van der Waals surface area contributed by atoms with Crippen molar-refractivity contribution in [2.45, 2.75) is 183 Å². The first kappa shape index (κ1) is 85.9. The second kappa shape index (κ2) is 30.4. The van der Waals surface area contributed by atoms with E-state index in [0.29, 0.717) is 0 Å². The van der Waals surface area contributed by atoms with Crippen molar-refractivity contribution in [2.24, 2.45) is 0 Å². The van der Waals surface area contributed by atoms with E-state index in [0.717, 1.165) is 22.7 Å². The van der Waals surface area contributed by atoms with Gasteiger partial charge in [-0.3, -0.25) is 0 Å². The first-order valence-electron chi connectivity index (χ1n) is 47.7. The average molecular weight is 1770 g/mol. The van der Waals surface area contributed by atoms with Gasteiger partial charge >= 0.3 is 0 Å². The van der Waals surface area contributed by atoms with Crippen LogP contribution in [0, 0.1) is 13.8 Å². The Balaban J connectivity index is 0.856. The normalized spacial score (nSPS) is 14.8. The molecule has 6 heterocycles. The van der Waals surface area contributed by atoms with Crippen molar-refractivity contribution >= 4 is 225 Å². The molecule has 0 bridgehead atoms. The highest BCUT2D eigenvalue weighted by Crippen LogP contribution is 2.53. The van der Waals surface area contributed by atoms with Gasteiger partial charge in [-0.25, -0.2) is 0 Å². The van der Waals surface area contributed by atoms with Crippen LogP contribution in [-0.4, -0.2) is 52.4 Å². The van der Waals surface area contributed by atoms with Crippen LogP contribution in [0.5, 0.6) is 0 Å². The number of hydrogen-bond donors (Lipinski definition) is 0. The van der Waals surface area contributed by atoms with Crippen LogP contribution in [0.25, 0.3) is 0 Å². The van der Waals surface area contributed by atoms with Crippen molar-refractivity contribution in [3.8, 4) is 0 Å². The topological polar surface area (TPSA) is 19.4 Å². The minimum atomic E-state index is -1.91. The van der Waals surface area contributed by atoms with Gasteiger partial charge in [0, 0.05) is 108 Å². The number of anilines is 18. The van der Waals surface area contributed by atoms with E-state index >= 15 is 0 Å². The van der Waals surface area contributed by atoms with Gasteiger partial charge in [0.1, 0.15) is 0 Å². The molecule has 15 aromatic carbocycles. The summed E-state index contributed by atoms with van der Waals surface area (Å²) in [7, 11) is -7.09. The zero-order valence-corrected chi connectivity index (χ0v) is 85.4. The van der Waals surface area contributed by atoms with Crippen molar-refractivity contribution in [3.05, 3.63) is 354 Å². The Morgan fingerprint density at radius 2 is 0.412 bits per heavy atom. The molecule has 0 N–H and O–H groups in total. The maximum Gasteiger partial charge on any atom is 0.252 e. The Labute approximate surface area is 785 Å². The minimum absolute atomic E-state index is 0.0660. The van der Waals surface area contributed by atoms with Crippen LogP contribution in [0.4, 0.5) is 102 Å². The summed E-state index contributed by atoms with van der Waals surface area (Å²) in [5.41, 5.74) is 42.2. The van der Waals surface area contributed by atoms with Crippen molar-refractivity contribution < 1.29 is 0 Å². The Bertz CT molecular complexity index is 7120. The lowest BCUT2D eigenvalue weighted by molar-refractivity contribution is 0.590. The molecular weight excluding hydrogens is 1650 g/mol. The fourth-order valence-electron chi connectivity index (χ4n) is 22.2. The minimum Gasteiger partial charge on any atom is -0.311 e. The molecule has 0 spiro atoms. The van der Waals surface area contributed by atoms with Crippen molar-refractivity contribution in [1.29, 1.82) is 0 Å². The molecule has 6 aliphatic rings. The van der Waals surface area contributed by atoms with E-state index in [1.165, 1.54) is 194 Å². The molecule has 6 aliphatic heterocycles. The number of fused-ring (bicyclic) bond motifs is 12. The number of benzene rings is 15. The van der Waals surface area contributed by atoms with Gasteiger partial charge in [-0.1, -0.05) is 337 Å². The molecule has 0 amide bonds. The molecule has 131 heavy (non-hydrogen) atoms. The molecule has 21 rings (SSSR count). The van der Waals surface area contributed by atoms with Gasteiger partial charge in [0.15, 0.2) is 0 Å². The van der Waals surface area contributed by atoms with Gasteiger partial charge in [-0.2, -0.15) is 0 Å². The lowest BCUT2D eigenvalue weighted by Crippen LogP contribution is -2.62. The van der Waals surface area contributed by atoms with E-state index in [2.05, 4.69) is 500 Å². The molecule has 0 aliphatic carbocycles. The lowest BCUT2D eigenvalue weighted by atomic mass is 9.33. The fourth-order valence-corrected chi connectivity index (χ4v) is 26.9.